The number of hydrogen-bond acceptors (Lipinski definition) is 6. The van der Waals surface area contributed by atoms with Gasteiger partial charge < -0.3 is 10.6 Å². The lowest BCUT2D eigenvalue weighted by atomic mass is 9.84. The number of carbonyl (C=O) groups is 1. The van der Waals surface area contributed by atoms with Crippen molar-refractivity contribution in [1.82, 2.24) is 0 Å². The summed E-state index contributed by atoms with van der Waals surface area (Å²) < 4.78 is 24.0. The number of benzene rings is 2. The maximum atomic E-state index is 13.2. The Balaban J connectivity index is 1.86. The van der Waals surface area contributed by atoms with E-state index in [1.807, 2.05) is 32.0 Å². The summed E-state index contributed by atoms with van der Waals surface area (Å²) in [5.74, 6) is -0.136. The molecule has 0 aromatic heterocycles. The number of nitrogens with one attached hydrogen (secondary N) is 2. The van der Waals surface area contributed by atoms with Gasteiger partial charge in [0.2, 0.25) is 5.91 Å². The SMILES string of the molecule is Cc1ccc(NC(=O)C2(CNc3cccc(S(C)(=O)=O)c3[N+](=O)[O-])CCCC2)cc1C. The van der Waals surface area contributed by atoms with E-state index in [1.165, 1.54) is 18.2 Å². The number of nitro benzene ring substituents is 1. The molecule has 3 rings (SSSR count). The normalized spacial score (nSPS) is 15.5. The van der Waals surface area contributed by atoms with E-state index in [2.05, 4.69) is 10.6 Å². The molecule has 0 unspecified atom stereocenters. The molecule has 0 radical (unpaired) electrons. The lowest BCUT2D eigenvalue weighted by Crippen LogP contribution is -2.39. The molecule has 1 amide bonds. The fraction of sp³-hybridized carbons (Fsp3) is 0.409. The van der Waals surface area contributed by atoms with E-state index >= 15 is 0 Å². The number of rotatable bonds is 7. The smallest absolute Gasteiger partial charge is 0.310 e. The molecule has 166 valence electrons. The third-order valence-electron chi connectivity index (χ3n) is 6.01. The molecule has 0 bridgehead atoms. The van der Waals surface area contributed by atoms with Crippen LogP contribution in [-0.4, -0.2) is 32.0 Å². The Labute approximate surface area is 182 Å². The zero-order valence-electron chi connectivity index (χ0n) is 17.9. The Morgan fingerprint density at radius 2 is 1.81 bits per heavy atom. The van der Waals surface area contributed by atoms with Gasteiger partial charge in [0.05, 0.1) is 10.3 Å². The first kappa shape index (κ1) is 22.7. The highest BCUT2D eigenvalue weighted by atomic mass is 32.2. The molecular formula is C22H27N3O5S. The van der Waals surface area contributed by atoms with E-state index < -0.39 is 25.9 Å². The predicted octanol–water partition coefficient (Wildman–Crippen LogP) is 4.23. The number of hydrogen-bond donors (Lipinski definition) is 2. The molecule has 31 heavy (non-hydrogen) atoms. The van der Waals surface area contributed by atoms with Crippen LogP contribution in [0.5, 0.6) is 0 Å². The average Bonchev–Trinajstić information content (AvgIpc) is 3.18. The van der Waals surface area contributed by atoms with Crippen molar-refractivity contribution >= 4 is 32.8 Å². The molecule has 0 atom stereocenters. The summed E-state index contributed by atoms with van der Waals surface area (Å²) in [5, 5.41) is 17.6. The van der Waals surface area contributed by atoms with Crippen molar-refractivity contribution in [3.63, 3.8) is 0 Å². The van der Waals surface area contributed by atoms with E-state index in [1.54, 1.807) is 0 Å². The molecule has 8 nitrogen and oxygen atoms in total. The van der Waals surface area contributed by atoms with Gasteiger partial charge in [0.1, 0.15) is 10.6 Å². The second-order valence-corrected chi connectivity index (χ2v) is 10.3. The third kappa shape index (κ3) is 4.87. The molecule has 2 N–H and O–H groups in total. The van der Waals surface area contributed by atoms with Crippen molar-refractivity contribution in [1.29, 1.82) is 0 Å². The Morgan fingerprint density at radius 1 is 1.13 bits per heavy atom. The maximum Gasteiger partial charge on any atom is 0.310 e. The van der Waals surface area contributed by atoms with Crippen molar-refractivity contribution in [3.8, 4) is 0 Å². The molecule has 0 heterocycles. The molecule has 0 spiro atoms. The summed E-state index contributed by atoms with van der Waals surface area (Å²) in [4.78, 5) is 23.8. The van der Waals surface area contributed by atoms with Gasteiger partial charge in [-0.05, 0) is 62.1 Å². The second kappa shape index (κ2) is 8.66. The summed E-state index contributed by atoms with van der Waals surface area (Å²) >= 11 is 0. The van der Waals surface area contributed by atoms with E-state index in [0.29, 0.717) is 18.5 Å². The van der Waals surface area contributed by atoms with Gasteiger partial charge in [-0.1, -0.05) is 25.0 Å². The highest BCUT2D eigenvalue weighted by Crippen LogP contribution is 2.41. The van der Waals surface area contributed by atoms with Crippen LogP contribution in [0, 0.1) is 29.4 Å². The summed E-state index contributed by atoms with van der Waals surface area (Å²) in [6.07, 6.45) is 4.00. The number of anilines is 2. The van der Waals surface area contributed by atoms with Crippen LogP contribution in [-0.2, 0) is 14.6 Å². The molecule has 9 heteroatoms. The van der Waals surface area contributed by atoms with Gasteiger partial charge in [-0.15, -0.1) is 0 Å². The van der Waals surface area contributed by atoms with Crippen LogP contribution in [0.1, 0.15) is 36.8 Å². The number of amides is 1. The quantitative estimate of drug-likeness (QED) is 0.486. The van der Waals surface area contributed by atoms with Gasteiger partial charge in [0, 0.05) is 18.5 Å². The van der Waals surface area contributed by atoms with Crippen molar-refractivity contribution in [2.24, 2.45) is 5.41 Å². The molecule has 1 saturated carbocycles. The van der Waals surface area contributed by atoms with E-state index in [9.17, 15) is 23.3 Å². The van der Waals surface area contributed by atoms with Crippen molar-refractivity contribution < 1.29 is 18.1 Å². The summed E-state index contributed by atoms with van der Waals surface area (Å²) in [5.41, 5.74) is 1.79. The Bertz CT molecular complexity index is 1120. The summed E-state index contributed by atoms with van der Waals surface area (Å²) in [6.45, 7) is 4.16. The van der Waals surface area contributed by atoms with Crippen LogP contribution in [0.15, 0.2) is 41.3 Å². The number of aryl methyl sites for hydroxylation is 2. The van der Waals surface area contributed by atoms with Gasteiger partial charge in [-0.2, -0.15) is 0 Å². The number of sulfone groups is 1. The molecule has 0 saturated heterocycles. The van der Waals surface area contributed by atoms with Crippen LogP contribution >= 0.6 is 0 Å². The van der Waals surface area contributed by atoms with Crippen LogP contribution in [0.4, 0.5) is 17.1 Å². The Kier molecular flexibility index (Phi) is 6.35. The van der Waals surface area contributed by atoms with Crippen LogP contribution < -0.4 is 10.6 Å². The first-order chi connectivity index (χ1) is 14.5. The summed E-state index contributed by atoms with van der Waals surface area (Å²) in [7, 11) is -3.78. The molecular weight excluding hydrogens is 418 g/mol. The zero-order chi connectivity index (χ0) is 22.8. The number of nitrogens with zero attached hydrogens (tertiary/aromatic N) is 1. The minimum Gasteiger partial charge on any atom is -0.378 e. The second-order valence-electron chi connectivity index (χ2n) is 8.28. The Hall–Kier alpha value is -2.94. The monoisotopic (exact) mass is 445 g/mol. The largest absolute Gasteiger partial charge is 0.378 e. The number of carbonyl (C=O) groups excluding carboxylic acids is 1. The average molecular weight is 446 g/mol. The van der Waals surface area contributed by atoms with Crippen LogP contribution in [0.2, 0.25) is 0 Å². The standard InChI is InChI=1S/C22H27N3O5S/c1-15-9-10-17(13-16(15)2)24-21(26)22(11-4-5-12-22)14-23-18-7-6-8-19(31(3,29)30)20(18)25(27)28/h6-10,13,23H,4-5,11-12,14H2,1-3H3,(H,24,26). The van der Waals surface area contributed by atoms with Gasteiger partial charge in [-0.3, -0.25) is 14.9 Å². The van der Waals surface area contributed by atoms with E-state index in [0.717, 1.165) is 30.2 Å². The van der Waals surface area contributed by atoms with Crippen LogP contribution in [0.3, 0.4) is 0 Å². The van der Waals surface area contributed by atoms with Gasteiger partial charge in [-0.25, -0.2) is 8.42 Å². The number of para-hydroxylation sites is 1. The van der Waals surface area contributed by atoms with Gasteiger partial charge in [0.15, 0.2) is 9.84 Å². The molecule has 2 aromatic rings. The highest BCUT2D eigenvalue weighted by Gasteiger charge is 2.41. The molecule has 1 aliphatic carbocycles. The minimum atomic E-state index is -3.78. The lowest BCUT2D eigenvalue weighted by Gasteiger charge is -2.28. The van der Waals surface area contributed by atoms with E-state index in [-0.39, 0.29) is 23.0 Å². The minimum absolute atomic E-state index is 0.0955. The first-order valence-electron chi connectivity index (χ1n) is 10.1. The number of nitro groups is 1. The first-order valence-corrected chi connectivity index (χ1v) is 12.0. The van der Waals surface area contributed by atoms with Crippen molar-refractivity contribution in [2.45, 2.75) is 44.4 Å². The predicted molar refractivity (Wildman–Crippen MR) is 120 cm³/mol. The van der Waals surface area contributed by atoms with Crippen molar-refractivity contribution in [3.05, 3.63) is 57.6 Å². The third-order valence-corrected chi connectivity index (χ3v) is 7.13. The molecule has 1 aliphatic rings. The van der Waals surface area contributed by atoms with Crippen LogP contribution in [0.25, 0.3) is 0 Å². The summed E-state index contributed by atoms with van der Waals surface area (Å²) in [6, 6.07) is 9.88. The lowest BCUT2D eigenvalue weighted by molar-refractivity contribution is -0.386. The van der Waals surface area contributed by atoms with Crippen molar-refractivity contribution in [2.75, 3.05) is 23.4 Å². The topological polar surface area (TPSA) is 118 Å². The molecule has 1 fully saturated rings. The van der Waals surface area contributed by atoms with E-state index in [4.69, 9.17) is 0 Å². The molecule has 2 aromatic carbocycles. The zero-order valence-corrected chi connectivity index (χ0v) is 18.7. The fourth-order valence-corrected chi connectivity index (χ4v) is 4.90. The Morgan fingerprint density at radius 3 is 2.39 bits per heavy atom. The highest BCUT2D eigenvalue weighted by molar-refractivity contribution is 7.90. The molecule has 0 aliphatic heterocycles. The fourth-order valence-electron chi connectivity index (χ4n) is 4.04. The van der Waals surface area contributed by atoms with Gasteiger partial charge in [0.25, 0.3) is 0 Å². The maximum absolute atomic E-state index is 13.2. The van der Waals surface area contributed by atoms with Gasteiger partial charge >= 0.3 is 5.69 Å².